The average Bonchev–Trinajstić information content (AvgIpc) is 1.83. The normalized spacial score (nSPS) is 11.6. The minimum atomic E-state index is -4.97. The maximum absolute atomic E-state index is 12.4. The number of hydrogen-bond donors (Lipinski definition) is 3. The van der Waals surface area contributed by atoms with Gasteiger partial charge < -0.3 is 0 Å². The summed E-state index contributed by atoms with van der Waals surface area (Å²) in [6.07, 6.45) is 0. The molecule has 1 aromatic rings. The predicted molar refractivity (Wildman–Crippen MR) is 41.3 cm³/mol. The fourth-order valence-electron chi connectivity index (χ4n) is 0.791. The molecule has 4 N–H and O–H groups in total. The van der Waals surface area contributed by atoms with Gasteiger partial charge in [-0.2, -0.15) is 0 Å². The van der Waals surface area contributed by atoms with E-state index < -0.39 is 20.0 Å². The molecule has 0 aromatic heterocycles. The molecule has 66 valence electrons. The monoisotopic (exact) mass is 235 g/mol. The molecule has 12 heavy (non-hydrogen) atoms. The summed E-state index contributed by atoms with van der Waals surface area (Å²) < 4.78 is 40.3. The van der Waals surface area contributed by atoms with Crippen LogP contribution in [0.4, 0.5) is 10.1 Å². The molecule has 0 spiro atoms. The van der Waals surface area contributed by atoms with Gasteiger partial charge in [0.15, 0.2) is 0 Å². The van der Waals surface area contributed by atoms with Crippen LogP contribution < -0.4 is 10.1 Å². The number of halogens is 1. The zero-order valence-corrected chi connectivity index (χ0v) is 7.81. The molecule has 0 saturated carbocycles. The van der Waals surface area contributed by atoms with Gasteiger partial charge in [-0.3, -0.25) is 0 Å². The molecular weight excluding hydrogens is 228 g/mol. The van der Waals surface area contributed by atoms with E-state index in [-0.39, 0.29) is 10.0 Å². The first-order valence-electron chi connectivity index (χ1n) is 3.02. The van der Waals surface area contributed by atoms with Crippen molar-refractivity contribution in [3.8, 4) is 0 Å². The molecule has 0 aliphatic carbocycles. The second kappa shape index (κ2) is 2.93. The number of nitrogen functional groups attached to an aromatic ring is 1. The van der Waals surface area contributed by atoms with Crippen LogP contribution in [0.3, 0.4) is 0 Å². The van der Waals surface area contributed by atoms with Gasteiger partial charge in [-0.1, -0.05) is 0 Å². The molecule has 0 bridgehead atoms. The summed E-state index contributed by atoms with van der Waals surface area (Å²) in [6, 6.07) is 2.85. The quantitative estimate of drug-likeness (QED) is 0.429. The van der Waals surface area contributed by atoms with E-state index in [9.17, 15) is 8.13 Å². The van der Waals surface area contributed by atoms with Gasteiger partial charge in [-0.15, -0.1) is 0 Å². The van der Waals surface area contributed by atoms with Crippen molar-refractivity contribution in [3.63, 3.8) is 0 Å². The van der Waals surface area contributed by atoms with Crippen LogP contribution in [0.5, 0.6) is 0 Å². The van der Waals surface area contributed by atoms with Crippen LogP contribution in [0.25, 0.3) is 0 Å². The topological polar surface area (TPSA) is 83.6 Å². The van der Waals surface area contributed by atoms with E-state index >= 15 is 0 Å². The zero-order valence-electron chi connectivity index (χ0n) is 5.94. The average molecular weight is 235 g/mol. The van der Waals surface area contributed by atoms with E-state index in [1.54, 1.807) is 0 Å². The van der Waals surface area contributed by atoms with Gasteiger partial charge in [0, 0.05) is 0 Å². The molecule has 0 fully saturated rings. The third kappa shape index (κ3) is 1.88. The summed E-state index contributed by atoms with van der Waals surface area (Å²) in [6.45, 7) is 0. The summed E-state index contributed by atoms with van der Waals surface area (Å²) in [5.74, 6) is -0.611. The van der Waals surface area contributed by atoms with Crippen LogP contribution in [0.2, 0.25) is 0 Å². The Bertz CT molecular complexity index is 349. The molecule has 0 amide bonds. The van der Waals surface area contributed by atoms with Crippen molar-refractivity contribution in [1.29, 1.82) is 0 Å². The first kappa shape index (κ1) is 9.32. The summed E-state index contributed by atoms with van der Waals surface area (Å²) in [5.41, 5.74) is 4.98. The number of anilines is 1. The summed E-state index contributed by atoms with van der Waals surface area (Å²) >= 11 is -4.97. The molecule has 4 nitrogen and oxygen atoms in total. The Morgan fingerprint density at radius 3 is 2.42 bits per heavy atom. The Labute approximate surface area is 70.8 Å². The van der Waals surface area contributed by atoms with Crippen LogP contribution in [-0.2, 0) is 3.74 Å². The Morgan fingerprint density at radius 2 is 2.00 bits per heavy atom. The van der Waals surface area contributed by atoms with Gasteiger partial charge in [-0.25, -0.2) is 0 Å². The molecule has 6 heteroatoms. The second-order valence-corrected chi connectivity index (χ2v) is 5.54. The first-order chi connectivity index (χ1) is 5.41. The van der Waals surface area contributed by atoms with Crippen LogP contribution in [0, 0.1) is 5.82 Å². The van der Waals surface area contributed by atoms with E-state index in [4.69, 9.17) is 13.9 Å². The molecule has 0 atom stereocenters. The fraction of sp³-hybridized carbons (Fsp3) is 0. The molecule has 0 aliphatic rings. The molecule has 0 heterocycles. The molecule has 0 aliphatic heterocycles. The third-order valence-electron chi connectivity index (χ3n) is 1.30. The SMILES string of the molecule is Nc1cc(F)ccc1[As](=O)(O)O. The number of hydrogen-bond acceptors (Lipinski definition) is 2. The van der Waals surface area contributed by atoms with Crippen molar-refractivity contribution < 1.29 is 16.3 Å². The molecule has 0 saturated heterocycles. The van der Waals surface area contributed by atoms with Crippen molar-refractivity contribution in [2.24, 2.45) is 0 Å². The third-order valence-corrected chi connectivity index (χ3v) is 3.47. The van der Waals surface area contributed by atoms with Gasteiger partial charge in [0.25, 0.3) is 0 Å². The molecule has 0 unspecified atom stereocenters. The van der Waals surface area contributed by atoms with Crippen LogP contribution >= 0.6 is 0 Å². The van der Waals surface area contributed by atoms with E-state index in [1.165, 1.54) is 0 Å². The van der Waals surface area contributed by atoms with Crippen molar-refractivity contribution >= 4 is 24.2 Å². The van der Waals surface area contributed by atoms with Crippen molar-refractivity contribution in [1.82, 2.24) is 0 Å². The van der Waals surface area contributed by atoms with Gasteiger partial charge in [0.2, 0.25) is 0 Å². The molecular formula is C6H7AsFNO3. The number of benzene rings is 1. The van der Waals surface area contributed by atoms with E-state index in [0.29, 0.717) is 0 Å². The fourth-order valence-corrected chi connectivity index (χ4v) is 2.20. The summed E-state index contributed by atoms with van der Waals surface area (Å²) in [4.78, 5) is 0. The predicted octanol–water partition coefficient (Wildman–Crippen LogP) is -1.03. The zero-order chi connectivity index (χ0) is 9.35. The Balaban J connectivity index is 3.28. The Hall–Kier alpha value is -0.772. The van der Waals surface area contributed by atoms with Crippen molar-refractivity contribution in [2.45, 2.75) is 0 Å². The Kier molecular flexibility index (Phi) is 2.28. The maximum atomic E-state index is 12.4. The van der Waals surface area contributed by atoms with E-state index in [0.717, 1.165) is 18.2 Å². The standard InChI is InChI=1S/C6H7AsFNO3/c8-4-1-2-5(6(9)3-4)7(10,11)12/h1-3H,9H2,(H2,10,11,12). The van der Waals surface area contributed by atoms with Crippen LogP contribution in [-0.4, -0.2) is 22.4 Å². The van der Waals surface area contributed by atoms with Gasteiger partial charge in [0.1, 0.15) is 0 Å². The summed E-state index contributed by atoms with van der Waals surface area (Å²) in [5, 5.41) is 0. The van der Waals surface area contributed by atoms with Crippen molar-refractivity contribution in [2.75, 3.05) is 5.73 Å². The second-order valence-electron chi connectivity index (χ2n) is 2.25. The van der Waals surface area contributed by atoms with Crippen LogP contribution in [0.1, 0.15) is 0 Å². The Morgan fingerprint density at radius 1 is 1.42 bits per heavy atom. The first-order valence-corrected chi connectivity index (χ1v) is 6.40. The van der Waals surface area contributed by atoms with Crippen LogP contribution in [0.15, 0.2) is 18.2 Å². The van der Waals surface area contributed by atoms with Gasteiger partial charge >= 0.3 is 70.3 Å². The molecule has 1 rings (SSSR count). The van der Waals surface area contributed by atoms with E-state index in [1.807, 2.05) is 0 Å². The minimum absolute atomic E-state index is 0.206. The molecule has 0 radical (unpaired) electrons. The van der Waals surface area contributed by atoms with Gasteiger partial charge in [0.05, 0.1) is 0 Å². The number of nitrogens with two attached hydrogens (primary N) is 1. The van der Waals surface area contributed by atoms with Crippen molar-refractivity contribution in [3.05, 3.63) is 24.0 Å². The van der Waals surface area contributed by atoms with Gasteiger partial charge in [-0.05, 0) is 0 Å². The van der Waals surface area contributed by atoms with E-state index in [2.05, 4.69) is 0 Å². The summed E-state index contributed by atoms with van der Waals surface area (Å²) in [7, 11) is 0. The molecule has 1 aromatic carbocycles. The number of rotatable bonds is 1.